The molecule has 172 valence electrons. The highest BCUT2D eigenvalue weighted by Crippen LogP contribution is 2.45. The van der Waals surface area contributed by atoms with Crippen LogP contribution in [0.2, 0.25) is 5.02 Å². The number of halogens is 1. The average molecular weight is 492 g/mol. The number of hydrogen-bond donors (Lipinski definition) is 1. The van der Waals surface area contributed by atoms with Gasteiger partial charge in [-0.25, -0.2) is 4.98 Å². The number of rotatable bonds is 6. The average Bonchev–Trinajstić information content (AvgIpc) is 3.49. The largest absolute Gasteiger partial charge is 0.497 e. The summed E-state index contributed by atoms with van der Waals surface area (Å²) in [5.74, 6) is 2.13. The third-order valence-electron chi connectivity index (χ3n) is 5.79. The molecule has 5 rings (SSSR count). The highest BCUT2D eigenvalue weighted by Gasteiger charge is 2.43. The molecule has 1 fully saturated rings. The molecule has 4 aromatic rings. The molecule has 0 bridgehead atoms. The van der Waals surface area contributed by atoms with Gasteiger partial charge < -0.3 is 24.3 Å². The molecule has 3 aromatic heterocycles. The second-order valence-corrected chi connectivity index (χ2v) is 8.50. The highest BCUT2D eigenvalue weighted by molar-refractivity contribution is 7.80. The van der Waals surface area contributed by atoms with Gasteiger partial charge in [-0.3, -0.25) is 4.98 Å². The van der Waals surface area contributed by atoms with Crippen LogP contribution >= 0.6 is 23.8 Å². The van der Waals surface area contributed by atoms with Crippen LogP contribution in [0.3, 0.4) is 0 Å². The monoisotopic (exact) mass is 491 g/mol. The first-order valence-corrected chi connectivity index (χ1v) is 11.4. The van der Waals surface area contributed by atoms with Crippen LogP contribution in [0, 0.1) is 0 Å². The molecule has 0 amide bonds. The van der Waals surface area contributed by atoms with Crippen LogP contribution in [0.1, 0.15) is 23.5 Å². The first-order chi connectivity index (χ1) is 16.6. The Labute approximate surface area is 207 Å². The fourth-order valence-corrected chi connectivity index (χ4v) is 4.70. The number of anilines is 1. The van der Waals surface area contributed by atoms with Gasteiger partial charge in [-0.05, 0) is 60.7 Å². The first kappa shape index (κ1) is 22.2. The van der Waals surface area contributed by atoms with Gasteiger partial charge >= 0.3 is 0 Å². The summed E-state index contributed by atoms with van der Waals surface area (Å²) in [6, 6.07) is 18.8. The van der Waals surface area contributed by atoms with E-state index in [0.717, 1.165) is 22.9 Å². The predicted molar refractivity (Wildman–Crippen MR) is 136 cm³/mol. The minimum Gasteiger partial charge on any atom is -0.497 e. The van der Waals surface area contributed by atoms with Crippen molar-refractivity contribution < 1.29 is 9.47 Å². The number of methoxy groups -OCH3 is 2. The van der Waals surface area contributed by atoms with Gasteiger partial charge in [0.15, 0.2) is 5.11 Å². The molecular weight excluding hydrogens is 470 g/mol. The van der Waals surface area contributed by atoms with Crippen LogP contribution in [-0.4, -0.2) is 33.9 Å². The van der Waals surface area contributed by atoms with Crippen molar-refractivity contribution in [2.45, 2.75) is 12.1 Å². The number of ether oxygens (including phenoxy) is 2. The summed E-state index contributed by atoms with van der Waals surface area (Å²) in [6.45, 7) is 0. The zero-order chi connectivity index (χ0) is 23.7. The van der Waals surface area contributed by atoms with Crippen molar-refractivity contribution in [3.63, 3.8) is 0 Å². The van der Waals surface area contributed by atoms with Gasteiger partial charge in [0.05, 0.1) is 36.7 Å². The molecule has 0 radical (unpaired) electrons. The van der Waals surface area contributed by atoms with E-state index in [1.54, 1.807) is 26.6 Å². The maximum atomic E-state index is 6.09. The maximum Gasteiger partial charge on any atom is 0.174 e. The summed E-state index contributed by atoms with van der Waals surface area (Å²) in [5.41, 5.74) is 2.64. The molecule has 0 saturated carbocycles. The summed E-state index contributed by atoms with van der Waals surface area (Å²) in [5, 5.41) is 4.62. The van der Waals surface area contributed by atoms with Crippen LogP contribution < -0.4 is 19.7 Å². The quantitative estimate of drug-likeness (QED) is 0.376. The Hall–Kier alpha value is -3.62. The van der Waals surface area contributed by atoms with Gasteiger partial charge in [0.25, 0.3) is 0 Å². The van der Waals surface area contributed by atoms with E-state index in [4.69, 9.17) is 33.3 Å². The third-order valence-corrected chi connectivity index (χ3v) is 6.32. The maximum absolute atomic E-state index is 6.09. The molecular formula is C25H22ClN5O2S. The Kier molecular flexibility index (Phi) is 6.08. The van der Waals surface area contributed by atoms with Crippen molar-refractivity contribution in [2.75, 3.05) is 19.1 Å². The number of aromatic nitrogens is 3. The van der Waals surface area contributed by atoms with Crippen LogP contribution in [0.25, 0.3) is 5.82 Å². The molecule has 4 heterocycles. The van der Waals surface area contributed by atoms with Crippen LogP contribution in [0.15, 0.2) is 79.3 Å². The number of benzene rings is 1. The zero-order valence-corrected chi connectivity index (χ0v) is 20.1. The SMILES string of the molecule is COc1ccc(OC)c(N2C(=S)N[C@H](c3ccccn3)[C@H]2c2cccn2-c2ccc(Cl)cn2)c1. The molecule has 34 heavy (non-hydrogen) atoms. The number of thiocarbonyl (C=S) groups is 1. The van der Waals surface area contributed by atoms with E-state index in [1.807, 2.05) is 65.4 Å². The van der Waals surface area contributed by atoms with Crippen LogP contribution in [-0.2, 0) is 0 Å². The van der Waals surface area contributed by atoms with Crippen molar-refractivity contribution in [3.05, 3.63) is 95.7 Å². The third kappa shape index (κ3) is 3.95. The standard InChI is InChI=1S/C25H22ClN5O2S/c1-32-17-9-10-21(33-2)20(14-17)31-24(23(29-25(31)34)18-6-3-4-12-27-18)19-7-5-13-30(19)22-11-8-16(26)15-28-22/h3-15,23-24H,1-2H3,(H,29,34)/t23-,24-/m1/s1. The summed E-state index contributed by atoms with van der Waals surface area (Å²) in [6.07, 6.45) is 5.40. The second-order valence-electron chi connectivity index (χ2n) is 7.67. The molecule has 0 aliphatic carbocycles. The fourth-order valence-electron chi connectivity index (χ4n) is 4.25. The van der Waals surface area contributed by atoms with E-state index in [-0.39, 0.29) is 12.1 Å². The Morgan fingerprint density at radius 1 is 1.00 bits per heavy atom. The molecule has 1 aliphatic heterocycles. The van der Waals surface area contributed by atoms with Gasteiger partial charge in [-0.2, -0.15) is 0 Å². The van der Waals surface area contributed by atoms with Gasteiger partial charge in [0, 0.05) is 30.4 Å². The van der Waals surface area contributed by atoms with E-state index in [0.29, 0.717) is 21.6 Å². The molecule has 1 aromatic carbocycles. The van der Waals surface area contributed by atoms with Gasteiger partial charge in [-0.1, -0.05) is 17.7 Å². The first-order valence-electron chi connectivity index (χ1n) is 10.6. The van der Waals surface area contributed by atoms with Gasteiger partial charge in [-0.15, -0.1) is 0 Å². The Balaban J connectivity index is 1.70. The number of hydrogen-bond acceptors (Lipinski definition) is 5. The molecule has 0 spiro atoms. The number of pyridine rings is 2. The Bertz CT molecular complexity index is 1310. The molecule has 1 saturated heterocycles. The normalized spacial score (nSPS) is 17.5. The molecule has 1 N–H and O–H groups in total. The van der Waals surface area contributed by atoms with Crippen molar-refractivity contribution in [3.8, 4) is 17.3 Å². The summed E-state index contributed by atoms with van der Waals surface area (Å²) in [4.78, 5) is 11.2. The van der Waals surface area contributed by atoms with E-state index < -0.39 is 0 Å². The van der Waals surface area contributed by atoms with Crippen LogP contribution in [0.5, 0.6) is 11.5 Å². The highest BCUT2D eigenvalue weighted by atomic mass is 35.5. The van der Waals surface area contributed by atoms with Gasteiger partial charge in [0.2, 0.25) is 0 Å². The molecule has 2 atom stereocenters. The number of nitrogens with zero attached hydrogens (tertiary/aromatic N) is 4. The minimum atomic E-state index is -0.254. The van der Waals surface area contributed by atoms with Crippen molar-refractivity contribution in [2.24, 2.45) is 0 Å². The van der Waals surface area contributed by atoms with E-state index in [2.05, 4.69) is 26.3 Å². The lowest BCUT2D eigenvalue weighted by molar-refractivity contribution is 0.402. The van der Waals surface area contributed by atoms with E-state index >= 15 is 0 Å². The van der Waals surface area contributed by atoms with E-state index in [9.17, 15) is 0 Å². The summed E-state index contributed by atoms with van der Waals surface area (Å²) >= 11 is 11.9. The lowest BCUT2D eigenvalue weighted by Gasteiger charge is -2.30. The number of nitrogens with one attached hydrogen (secondary N) is 1. The smallest absolute Gasteiger partial charge is 0.174 e. The predicted octanol–water partition coefficient (Wildman–Crippen LogP) is 5.12. The van der Waals surface area contributed by atoms with Crippen molar-refractivity contribution in [1.29, 1.82) is 0 Å². The molecule has 0 unspecified atom stereocenters. The fraction of sp³-hybridized carbons (Fsp3) is 0.160. The molecule has 7 nitrogen and oxygen atoms in total. The van der Waals surface area contributed by atoms with Crippen molar-refractivity contribution >= 4 is 34.6 Å². The second kappa shape index (κ2) is 9.32. The summed E-state index contributed by atoms with van der Waals surface area (Å²) < 4.78 is 13.2. The van der Waals surface area contributed by atoms with Crippen LogP contribution in [0.4, 0.5) is 5.69 Å². The summed E-state index contributed by atoms with van der Waals surface area (Å²) in [7, 11) is 3.28. The van der Waals surface area contributed by atoms with E-state index in [1.165, 1.54) is 0 Å². The lowest BCUT2D eigenvalue weighted by Crippen LogP contribution is -2.30. The minimum absolute atomic E-state index is 0.217. The molecule has 1 aliphatic rings. The zero-order valence-electron chi connectivity index (χ0n) is 18.6. The molecule has 9 heteroatoms. The van der Waals surface area contributed by atoms with Gasteiger partial charge in [0.1, 0.15) is 23.4 Å². The Morgan fingerprint density at radius 2 is 1.88 bits per heavy atom. The topological polar surface area (TPSA) is 64.4 Å². The Morgan fingerprint density at radius 3 is 2.59 bits per heavy atom. The van der Waals surface area contributed by atoms with Crippen molar-refractivity contribution in [1.82, 2.24) is 19.9 Å². The lowest BCUT2D eigenvalue weighted by atomic mass is 10.0.